The molecule has 9 heteroatoms. The van der Waals surface area contributed by atoms with Crippen molar-refractivity contribution in [3.8, 4) is 16.9 Å². The Morgan fingerprint density at radius 2 is 1.89 bits per heavy atom. The number of nitrogens with zero attached hydrogens (tertiary/aromatic N) is 2. The van der Waals surface area contributed by atoms with Gasteiger partial charge >= 0.3 is 0 Å². The van der Waals surface area contributed by atoms with Crippen molar-refractivity contribution in [2.24, 2.45) is 11.7 Å². The Balaban J connectivity index is 1.50. The van der Waals surface area contributed by atoms with E-state index in [0.29, 0.717) is 31.2 Å². The Bertz CT molecular complexity index is 1280. The van der Waals surface area contributed by atoms with E-state index in [2.05, 4.69) is 42.5 Å². The van der Waals surface area contributed by atoms with Gasteiger partial charge in [-0.15, -0.1) is 0 Å². The number of primary amides is 1. The quantitative estimate of drug-likeness (QED) is 0.591. The van der Waals surface area contributed by atoms with Crippen molar-refractivity contribution < 1.29 is 17.9 Å². The van der Waals surface area contributed by atoms with Gasteiger partial charge in [0, 0.05) is 44.1 Å². The summed E-state index contributed by atoms with van der Waals surface area (Å²) in [5, 5.41) is 3.44. The standard InChI is InChI=1S/C27H36N4O4S/c1-4-36(33,34)31-8-5-17(6-9-31)24-15-29-26-22(24)12-19(13-23(26)27(28)32)18-11-20(16-30(2)3)21-7-10-35-25(21)14-18/h11-14,17,24,29H,4-10,15-16H2,1-3H3,(H2,28,32). The normalized spacial score (nSPS) is 20.2. The first-order chi connectivity index (χ1) is 17.2. The number of nitrogens with two attached hydrogens (primary N) is 1. The van der Waals surface area contributed by atoms with Gasteiger partial charge in [-0.25, -0.2) is 12.7 Å². The minimum Gasteiger partial charge on any atom is -0.493 e. The summed E-state index contributed by atoms with van der Waals surface area (Å²) < 4.78 is 32.2. The van der Waals surface area contributed by atoms with Crippen molar-refractivity contribution in [1.29, 1.82) is 0 Å². The summed E-state index contributed by atoms with van der Waals surface area (Å²) in [5.41, 5.74) is 12.8. The molecule has 2 aromatic rings. The van der Waals surface area contributed by atoms with Crippen molar-refractivity contribution in [3.05, 3.63) is 46.5 Å². The Kier molecular flexibility index (Phi) is 6.74. The Morgan fingerprint density at radius 3 is 2.56 bits per heavy atom. The van der Waals surface area contributed by atoms with Gasteiger partial charge in [-0.2, -0.15) is 0 Å². The molecule has 2 aromatic carbocycles. The molecule has 194 valence electrons. The third kappa shape index (κ3) is 4.60. The second-order valence-corrected chi connectivity index (χ2v) is 12.7. The first-order valence-corrected chi connectivity index (χ1v) is 14.4. The highest BCUT2D eigenvalue weighted by atomic mass is 32.2. The van der Waals surface area contributed by atoms with Gasteiger partial charge in [0.05, 0.1) is 23.6 Å². The van der Waals surface area contributed by atoms with Gasteiger partial charge in [0.25, 0.3) is 5.91 Å². The minimum atomic E-state index is -3.17. The molecule has 3 aliphatic rings. The van der Waals surface area contributed by atoms with Gasteiger partial charge in [-0.3, -0.25) is 4.79 Å². The number of carbonyl (C=O) groups is 1. The van der Waals surface area contributed by atoms with Gasteiger partial charge < -0.3 is 20.7 Å². The van der Waals surface area contributed by atoms with Crippen LogP contribution >= 0.6 is 0 Å². The first kappa shape index (κ1) is 25.0. The zero-order valence-corrected chi connectivity index (χ0v) is 22.2. The summed E-state index contributed by atoms with van der Waals surface area (Å²) in [5.74, 6) is 1.15. The smallest absolute Gasteiger partial charge is 0.250 e. The molecule has 1 amide bonds. The molecule has 1 fully saturated rings. The zero-order valence-electron chi connectivity index (χ0n) is 21.3. The molecule has 1 saturated heterocycles. The van der Waals surface area contributed by atoms with Crippen LogP contribution in [0.3, 0.4) is 0 Å². The molecule has 0 aliphatic carbocycles. The molecule has 1 unspecified atom stereocenters. The van der Waals surface area contributed by atoms with Crippen LogP contribution in [0.25, 0.3) is 11.1 Å². The molecule has 3 heterocycles. The highest BCUT2D eigenvalue weighted by molar-refractivity contribution is 7.89. The molecule has 3 aliphatic heterocycles. The number of hydrogen-bond donors (Lipinski definition) is 2. The van der Waals surface area contributed by atoms with Crippen LogP contribution in [-0.4, -0.2) is 69.6 Å². The van der Waals surface area contributed by atoms with Gasteiger partial charge in [-0.1, -0.05) is 0 Å². The maximum Gasteiger partial charge on any atom is 0.250 e. The number of anilines is 1. The molecule has 36 heavy (non-hydrogen) atoms. The lowest BCUT2D eigenvalue weighted by atomic mass is 9.80. The zero-order chi connectivity index (χ0) is 25.6. The molecule has 0 radical (unpaired) electrons. The fourth-order valence-corrected chi connectivity index (χ4v) is 7.16. The fourth-order valence-electron chi connectivity index (χ4n) is 6.02. The number of carbonyl (C=O) groups excluding carboxylic acids is 1. The number of amides is 1. The van der Waals surface area contributed by atoms with Gasteiger partial charge in [0.1, 0.15) is 5.75 Å². The van der Waals surface area contributed by atoms with Crippen LogP contribution in [0.2, 0.25) is 0 Å². The summed E-state index contributed by atoms with van der Waals surface area (Å²) >= 11 is 0. The average molecular weight is 513 g/mol. The molecule has 0 saturated carbocycles. The Labute approximate surface area is 213 Å². The number of sulfonamides is 1. The lowest BCUT2D eigenvalue weighted by molar-refractivity contribution is 0.100. The monoisotopic (exact) mass is 512 g/mol. The highest BCUT2D eigenvalue weighted by Crippen LogP contribution is 2.45. The van der Waals surface area contributed by atoms with Gasteiger partial charge in [0.15, 0.2) is 0 Å². The molecule has 8 nitrogen and oxygen atoms in total. The molecule has 0 bridgehead atoms. The summed E-state index contributed by atoms with van der Waals surface area (Å²) in [6, 6.07) is 8.38. The lowest BCUT2D eigenvalue weighted by Gasteiger charge is -2.34. The number of nitrogens with one attached hydrogen (secondary N) is 1. The minimum absolute atomic E-state index is 0.136. The number of fused-ring (bicyclic) bond motifs is 2. The predicted octanol–water partition coefficient (Wildman–Crippen LogP) is 3.02. The first-order valence-electron chi connectivity index (χ1n) is 12.8. The van der Waals surface area contributed by atoms with E-state index in [1.807, 2.05) is 6.07 Å². The van der Waals surface area contributed by atoms with E-state index in [4.69, 9.17) is 10.5 Å². The topological polar surface area (TPSA) is 105 Å². The van der Waals surface area contributed by atoms with Crippen LogP contribution in [0.15, 0.2) is 24.3 Å². The van der Waals surface area contributed by atoms with Crippen molar-refractivity contribution in [2.45, 2.75) is 38.6 Å². The van der Waals surface area contributed by atoms with E-state index in [9.17, 15) is 13.2 Å². The summed E-state index contributed by atoms with van der Waals surface area (Å²) in [7, 11) is 0.950. The SMILES string of the molecule is CCS(=O)(=O)N1CCC(C2CNc3c(C(N)=O)cc(-c4cc(CN(C)C)c5c(c4)OCC5)cc32)CC1. The summed E-state index contributed by atoms with van der Waals surface area (Å²) in [6.45, 7) is 5.02. The molecule has 0 spiro atoms. The van der Waals surface area contributed by atoms with Gasteiger partial charge in [0.2, 0.25) is 10.0 Å². The van der Waals surface area contributed by atoms with E-state index in [0.717, 1.165) is 60.5 Å². The van der Waals surface area contributed by atoms with E-state index in [1.54, 1.807) is 11.2 Å². The lowest BCUT2D eigenvalue weighted by Crippen LogP contribution is -2.40. The van der Waals surface area contributed by atoms with Crippen LogP contribution in [0.5, 0.6) is 5.75 Å². The Morgan fingerprint density at radius 1 is 1.17 bits per heavy atom. The second kappa shape index (κ2) is 9.68. The van der Waals surface area contributed by atoms with Crippen molar-refractivity contribution in [1.82, 2.24) is 9.21 Å². The molecular weight excluding hydrogens is 476 g/mol. The highest BCUT2D eigenvalue weighted by Gasteiger charge is 2.36. The third-order valence-corrected chi connectivity index (χ3v) is 9.77. The van der Waals surface area contributed by atoms with E-state index >= 15 is 0 Å². The van der Waals surface area contributed by atoms with E-state index < -0.39 is 15.9 Å². The number of hydrogen-bond acceptors (Lipinski definition) is 6. The van der Waals surface area contributed by atoms with E-state index in [-0.39, 0.29) is 11.7 Å². The summed E-state index contributed by atoms with van der Waals surface area (Å²) in [6.07, 6.45) is 2.52. The van der Waals surface area contributed by atoms with Crippen LogP contribution in [-0.2, 0) is 23.0 Å². The number of rotatable bonds is 7. The molecule has 5 rings (SSSR count). The number of ether oxygens (including phenoxy) is 1. The molecule has 1 atom stereocenters. The molecular formula is C27H36N4O4S. The maximum atomic E-state index is 12.5. The third-order valence-electron chi connectivity index (χ3n) is 7.89. The number of benzene rings is 2. The maximum absolute atomic E-state index is 12.5. The second-order valence-electron chi connectivity index (χ2n) is 10.4. The number of piperidine rings is 1. The molecule has 0 aromatic heterocycles. The largest absolute Gasteiger partial charge is 0.493 e. The van der Waals surface area contributed by atoms with Crippen LogP contribution in [0.1, 0.15) is 52.7 Å². The van der Waals surface area contributed by atoms with Crippen molar-refractivity contribution in [3.63, 3.8) is 0 Å². The van der Waals surface area contributed by atoms with Crippen molar-refractivity contribution in [2.75, 3.05) is 51.4 Å². The average Bonchev–Trinajstić information content (AvgIpc) is 3.50. The van der Waals surface area contributed by atoms with Crippen LogP contribution in [0, 0.1) is 5.92 Å². The predicted molar refractivity (Wildman–Crippen MR) is 142 cm³/mol. The van der Waals surface area contributed by atoms with E-state index in [1.165, 1.54) is 11.1 Å². The molecule has 3 N–H and O–H groups in total. The van der Waals surface area contributed by atoms with Crippen LogP contribution < -0.4 is 15.8 Å². The van der Waals surface area contributed by atoms with Crippen molar-refractivity contribution >= 4 is 21.6 Å². The summed E-state index contributed by atoms with van der Waals surface area (Å²) in [4.78, 5) is 14.6. The van der Waals surface area contributed by atoms with Gasteiger partial charge in [-0.05, 0) is 86.3 Å². The Hall–Kier alpha value is -2.62. The fraction of sp³-hybridized carbons (Fsp3) is 0.519. The van der Waals surface area contributed by atoms with Crippen LogP contribution in [0.4, 0.5) is 5.69 Å².